The molecule has 4 heteroatoms. The van der Waals surface area contributed by atoms with E-state index in [1.54, 1.807) is 11.3 Å². The van der Waals surface area contributed by atoms with Crippen LogP contribution >= 0.6 is 11.3 Å². The van der Waals surface area contributed by atoms with Crippen LogP contribution < -0.4 is 5.73 Å². The van der Waals surface area contributed by atoms with Crippen LogP contribution in [0.25, 0.3) is 22.2 Å². The molecule has 0 aliphatic heterocycles. The number of nitrogen functional groups attached to an aromatic ring is 1. The van der Waals surface area contributed by atoms with Crippen LogP contribution in [-0.2, 0) is 0 Å². The highest BCUT2D eigenvalue weighted by molar-refractivity contribution is 7.16. The summed E-state index contributed by atoms with van der Waals surface area (Å²) in [6.07, 6.45) is 6.96. The molecule has 106 valence electrons. The van der Waals surface area contributed by atoms with Gasteiger partial charge in [-0.05, 0) is 18.9 Å². The molecule has 2 N–H and O–H groups in total. The Labute approximate surface area is 127 Å². The van der Waals surface area contributed by atoms with Gasteiger partial charge in [0.1, 0.15) is 10.7 Å². The van der Waals surface area contributed by atoms with E-state index in [-0.39, 0.29) is 0 Å². The highest BCUT2D eigenvalue weighted by atomic mass is 32.1. The number of pyridine rings is 1. The summed E-state index contributed by atoms with van der Waals surface area (Å²) in [4.78, 5) is 9.38. The van der Waals surface area contributed by atoms with Gasteiger partial charge in [-0.25, -0.2) is 4.98 Å². The lowest BCUT2D eigenvalue weighted by molar-refractivity contribution is 0.717. The fourth-order valence-electron chi connectivity index (χ4n) is 3.18. The number of hydrogen-bond acceptors (Lipinski definition) is 4. The first kappa shape index (κ1) is 12.8. The third-order valence-electron chi connectivity index (χ3n) is 4.26. The first-order valence-electron chi connectivity index (χ1n) is 7.43. The molecule has 1 fully saturated rings. The fourth-order valence-corrected chi connectivity index (χ4v) is 4.20. The van der Waals surface area contributed by atoms with Crippen LogP contribution in [0, 0.1) is 0 Å². The van der Waals surface area contributed by atoms with Gasteiger partial charge in [0.15, 0.2) is 0 Å². The van der Waals surface area contributed by atoms with E-state index in [2.05, 4.69) is 23.2 Å². The van der Waals surface area contributed by atoms with E-state index >= 15 is 0 Å². The Morgan fingerprint density at radius 1 is 1.10 bits per heavy atom. The summed E-state index contributed by atoms with van der Waals surface area (Å²) in [6.45, 7) is 0. The normalized spacial score (nSPS) is 15.8. The van der Waals surface area contributed by atoms with Crippen LogP contribution in [0.3, 0.4) is 0 Å². The van der Waals surface area contributed by atoms with E-state index in [1.165, 1.54) is 30.7 Å². The van der Waals surface area contributed by atoms with E-state index < -0.39 is 0 Å². The summed E-state index contributed by atoms with van der Waals surface area (Å²) < 4.78 is 0. The molecule has 0 atom stereocenters. The standard InChI is InChI=1S/C17H17N3S/c18-16-15(20-17(21-16)12-5-1-2-6-12)13-9-3-7-11-8-4-10-19-14(11)13/h3-4,7-10,12H,1-2,5-6,18H2. The van der Waals surface area contributed by atoms with Crippen molar-refractivity contribution in [2.75, 3.05) is 5.73 Å². The maximum Gasteiger partial charge on any atom is 0.114 e. The second kappa shape index (κ2) is 5.11. The average Bonchev–Trinajstić information content (AvgIpc) is 3.16. The molecule has 1 aliphatic rings. The molecule has 2 heterocycles. The van der Waals surface area contributed by atoms with Gasteiger partial charge in [0, 0.05) is 23.1 Å². The molecule has 0 amide bonds. The second-order valence-electron chi connectivity index (χ2n) is 5.63. The number of hydrogen-bond donors (Lipinski definition) is 1. The Hall–Kier alpha value is -1.94. The Morgan fingerprint density at radius 2 is 1.90 bits per heavy atom. The molecule has 1 saturated carbocycles. The Balaban J connectivity index is 1.85. The first-order valence-corrected chi connectivity index (χ1v) is 8.25. The molecule has 1 aliphatic carbocycles. The van der Waals surface area contributed by atoms with Crippen molar-refractivity contribution in [2.45, 2.75) is 31.6 Å². The Morgan fingerprint density at radius 3 is 2.76 bits per heavy atom. The van der Waals surface area contributed by atoms with Gasteiger partial charge in [0.25, 0.3) is 0 Å². The lowest BCUT2D eigenvalue weighted by Crippen LogP contribution is -1.92. The van der Waals surface area contributed by atoms with Gasteiger partial charge >= 0.3 is 0 Å². The Bertz CT molecular complexity index is 782. The maximum absolute atomic E-state index is 6.26. The molecular weight excluding hydrogens is 278 g/mol. The quantitative estimate of drug-likeness (QED) is 0.751. The van der Waals surface area contributed by atoms with Gasteiger partial charge in [0.2, 0.25) is 0 Å². The van der Waals surface area contributed by atoms with Gasteiger partial charge in [0.05, 0.1) is 10.5 Å². The fraction of sp³-hybridized carbons (Fsp3) is 0.294. The number of nitrogens with two attached hydrogens (primary N) is 1. The summed E-state index contributed by atoms with van der Waals surface area (Å²) in [7, 11) is 0. The van der Waals surface area contributed by atoms with Gasteiger partial charge in [-0.2, -0.15) is 0 Å². The van der Waals surface area contributed by atoms with E-state index in [0.717, 1.165) is 27.2 Å². The number of benzene rings is 1. The van der Waals surface area contributed by atoms with E-state index in [4.69, 9.17) is 10.7 Å². The van der Waals surface area contributed by atoms with Crippen LogP contribution in [0.4, 0.5) is 5.00 Å². The van der Waals surface area contributed by atoms with Gasteiger partial charge < -0.3 is 5.73 Å². The Kier molecular flexibility index (Phi) is 3.11. The van der Waals surface area contributed by atoms with Crippen molar-refractivity contribution in [3.8, 4) is 11.3 Å². The molecular formula is C17H17N3S. The van der Waals surface area contributed by atoms with Crippen molar-refractivity contribution in [3.05, 3.63) is 41.5 Å². The number of anilines is 1. The van der Waals surface area contributed by atoms with Crippen molar-refractivity contribution in [1.29, 1.82) is 0 Å². The van der Waals surface area contributed by atoms with Gasteiger partial charge in [-0.15, -0.1) is 11.3 Å². The van der Waals surface area contributed by atoms with Crippen LogP contribution in [0.1, 0.15) is 36.6 Å². The molecule has 4 rings (SSSR count). The summed E-state index contributed by atoms with van der Waals surface area (Å²) in [5.41, 5.74) is 9.20. The zero-order valence-electron chi connectivity index (χ0n) is 11.7. The van der Waals surface area contributed by atoms with Crippen molar-refractivity contribution in [3.63, 3.8) is 0 Å². The SMILES string of the molecule is Nc1sc(C2CCCC2)nc1-c1cccc2cccnc12. The molecule has 2 aromatic heterocycles. The van der Waals surface area contributed by atoms with Gasteiger partial charge in [-0.3, -0.25) is 4.98 Å². The molecule has 0 unspecified atom stereocenters. The second-order valence-corrected chi connectivity index (χ2v) is 6.69. The number of fused-ring (bicyclic) bond motifs is 1. The predicted molar refractivity (Wildman–Crippen MR) is 88.5 cm³/mol. The summed E-state index contributed by atoms with van der Waals surface area (Å²) in [5, 5.41) is 3.15. The lowest BCUT2D eigenvalue weighted by Gasteiger charge is -2.04. The van der Waals surface area contributed by atoms with E-state index in [0.29, 0.717) is 5.92 Å². The average molecular weight is 295 g/mol. The molecule has 21 heavy (non-hydrogen) atoms. The summed E-state index contributed by atoms with van der Waals surface area (Å²) >= 11 is 1.65. The monoisotopic (exact) mass is 295 g/mol. The lowest BCUT2D eigenvalue weighted by atomic mass is 10.1. The molecule has 0 bridgehead atoms. The number of nitrogens with zero attached hydrogens (tertiary/aromatic N) is 2. The first-order chi connectivity index (χ1) is 10.3. The van der Waals surface area contributed by atoms with Crippen LogP contribution in [0.5, 0.6) is 0 Å². The smallest absolute Gasteiger partial charge is 0.114 e. The van der Waals surface area contributed by atoms with Gasteiger partial charge in [-0.1, -0.05) is 37.1 Å². The van der Waals surface area contributed by atoms with E-state index in [1.807, 2.05) is 18.3 Å². The van der Waals surface area contributed by atoms with Crippen molar-refractivity contribution in [2.24, 2.45) is 0 Å². The molecule has 1 aromatic carbocycles. The minimum absolute atomic E-state index is 0.606. The third-order valence-corrected chi connectivity index (χ3v) is 5.31. The highest BCUT2D eigenvalue weighted by Gasteiger charge is 2.23. The van der Waals surface area contributed by atoms with Crippen molar-refractivity contribution in [1.82, 2.24) is 9.97 Å². The summed E-state index contributed by atoms with van der Waals surface area (Å²) in [5.74, 6) is 0.606. The molecule has 0 spiro atoms. The molecule has 3 nitrogen and oxygen atoms in total. The molecule has 0 saturated heterocycles. The minimum Gasteiger partial charge on any atom is -0.389 e. The highest BCUT2D eigenvalue weighted by Crippen LogP contribution is 2.41. The number of thiazole rings is 1. The largest absolute Gasteiger partial charge is 0.389 e. The summed E-state index contributed by atoms with van der Waals surface area (Å²) in [6, 6.07) is 10.2. The van der Waals surface area contributed by atoms with Crippen LogP contribution in [-0.4, -0.2) is 9.97 Å². The number of para-hydroxylation sites is 1. The maximum atomic E-state index is 6.26. The zero-order chi connectivity index (χ0) is 14.2. The molecule has 0 radical (unpaired) electrons. The minimum atomic E-state index is 0.606. The van der Waals surface area contributed by atoms with E-state index in [9.17, 15) is 0 Å². The van der Waals surface area contributed by atoms with Crippen LogP contribution in [0.15, 0.2) is 36.5 Å². The predicted octanol–water partition coefficient (Wildman–Crippen LogP) is 4.60. The van der Waals surface area contributed by atoms with Crippen LogP contribution in [0.2, 0.25) is 0 Å². The molecule has 3 aromatic rings. The van der Waals surface area contributed by atoms with Crippen molar-refractivity contribution >= 4 is 27.2 Å². The number of rotatable bonds is 2. The number of aromatic nitrogens is 2. The topological polar surface area (TPSA) is 51.8 Å². The zero-order valence-corrected chi connectivity index (χ0v) is 12.6. The van der Waals surface area contributed by atoms with Crippen molar-refractivity contribution < 1.29 is 0 Å². The third kappa shape index (κ3) is 2.20.